The number of hydrogen-bond acceptors (Lipinski definition) is 3. The molecule has 2 atom stereocenters. The van der Waals surface area contributed by atoms with Crippen molar-refractivity contribution in [1.82, 2.24) is 14.9 Å². The van der Waals surface area contributed by atoms with E-state index in [1.54, 1.807) is 12.5 Å². The molecule has 0 aliphatic heterocycles. The van der Waals surface area contributed by atoms with Crippen LogP contribution >= 0.6 is 0 Å². The average molecular weight is 293 g/mol. The largest absolute Gasteiger partial charge is 0.481 e. The second-order valence-electron chi connectivity index (χ2n) is 6.59. The van der Waals surface area contributed by atoms with Crippen LogP contribution in [-0.2, 0) is 9.59 Å². The molecule has 1 amide bonds. The van der Waals surface area contributed by atoms with E-state index in [0.717, 1.165) is 19.3 Å². The number of nitrogens with zero attached hydrogens (tertiary/aromatic N) is 2. The number of rotatable bonds is 6. The first kappa shape index (κ1) is 15.5. The van der Waals surface area contributed by atoms with Gasteiger partial charge in [-0.2, -0.15) is 0 Å². The maximum atomic E-state index is 12.2. The van der Waals surface area contributed by atoms with Crippen LogP contribution in [0.5, 0.6) is 0 Å². The molecule has 1 aliphatic rings. The summed E-state index contributed by atoms with van der Waals surface area (Å²) in [6.45, 7) is 3.62. The Bertz CT molecular complexity index is 496. The van der Waals surface area contributed by atoms with Gasteiger partial charge in [-0.15, -0.1) is 0 Å². The van der Waals surface area contributed by atoms with Crippen molar-refractivity contribution in [3.05, 3.63) is 18.7 Å². The van der Waals surface area contributed by atoms with Gasteiger partial charge in [0, 0.05) is 24.9 Å². The van der Waals surface area contributed by atoms with E-state index in [0.29, 0.717) is 0 Å². The second-order valence-corrected chi connectivity index (χ2v) is 6.59. The molecule has 2 rings (SSSR count). The predicted molar refractivity (Wildman–Crippen MR) is 77.7 cm³/mol. The highest BCUT2D eigenvalue weighted by Gasteiger charge is 2.31. The zero-order valence-electron chi connectivity index (χ0n) is 12.6. The predicted octanol–water partition coefficient (Wildman–Crippen LogP) is 1.98. The number of amides is 1. The molecule has 6 nitrogen and oxygen atoms in total. The summed E-state index contributed by atoms with van der Waals surface area (Å²) in [6.07, 6.45) is 8.72. The molecule has 1 heterocycles. The third-order valence-corrected chi connectivity index (χ3v) is 4.00. The number of nitrogens with one attached hydrogen (secondary N) is 1. The second kappa shape index (κ2) is 6.28. The van der Waals surface area contributed by atoms with E-state index in [4.69, 9.17) is 5.11 Å². The molecule has 0 bridgehead atoms. The first-order valence-corrected chi connectivity index (χ1v) is 7.36. The smallest absolute Gasteiger partial charge is 0.303 e. The van der Waals surface area contributed by atoms with Gasteiger partial charge in [-0.25, -0.2) is 4.98 Å². The van der Waals surface area contributed by atoms with Gasteiger partial charge in [0.2, 0.25) is 5.91 Å². The molecule has 0 aromatic carbocycles. The lowest BCUT2D eigenvalue weighted by atomic mass is 9.85. The number of hydrogen-bond donors (Lipinski definition) is 2. The van der Waals surface area contributed by atoms with E-state index >= 15 is 0 Å². The van der Waals surface area contributed by atoms with Crippen molar-refractivity contribution in [2.24, 2.45) is 5.41 Å². The third-order valence-electron chi connectivity index (χ3n) is 4.00. The molecule has 0 saturated heterocycles. The Balaban J connectivity index is 1.91. The minimum atomic E-state index is -0.870. The fourth-order valence-corrected chi connectivity index (χ4v) is 3.10. The van der Waals surface area contributed by atoms with Gasteiger partial charge in [0.1, 0.15) is 0 Å². The van der Waals surface area contributed by atoms with Gasteiger partial charge in [0.05, 0.1) is 18.8 Å². The first-order valence-electron chi connectivity index (χ1n) is 7.36. The summed E-state index contributed by atoms with van der Waals surface area (Å²) < 4.78 is 2.04. The Hall–Kier alpha value is -1.85. The van der Waals surface area contributed by atoms with Gasteiger partial charge in [0.25, 0.3) is 0 Å². The number of carboxylic acid groups (broad SMARTS) is 1. The standard InChI is InChI=1S/C15H23N3O3/c1-15(2,9-14(20)21)8-13(19)17-11-4-3-5-12(11)18-7-6-16-10-18/h6-7,10-12H,3-5,8-9H2,1-2H3,(H,17,19)(H,20,21). The molecule has 1 aromatic heterocycles. The van der Waals surface area contributed by atoms with E-state index in [-0.39, 0.29) is 30.8 Å². The van der Waals surface area contributed by atoms with Crippen LogP contribution in [0.4, 0.5) is 0 Å². The Morgan fingerprint density at radius 1 is 1.38 bits per heavy atom. The van der Waals surface area contributed by atoms with Crippen LogP contribution < -0.4 is 5.32 Å². The highest BCUT2D eigenvalue weighted by molar-refractivity contribution is 5.78. The number of aromatic nitrogens is 2. The number of carbonyl (C=O) groups excluding carboxylic acids is 1. The highest BCUT2D eigenvalue weighted by Crippen LogP contribution is 2.31. The van der Waals surface area contributed by atoms with Crippen LogP contribution in [0.1, 0.15) is 52.0 Å². The van der Waals surface area contributed by atoms with Crippen LogP contribution in [0.3, 0.4) is 0 Å². The molecular weight excluding hydrogens is 270 g/mol. The molecule has 0 spiro atoms. The SMILES string of the molecule is CC(C)(CC(=O)O)CC(=O)NC1CCCC1n1ccnc1. The lowest BCUT2D eigenvalue weighted by molar-refractivity contribution is -0.139. The average Bonchev–Trinajstić information content (AvgIpc) is 2.94. The van der Waals surface area contributed by atoms with E-state index in [1.165, 1.54) is 0 Å². The quantitative estimate of drug-likeness (QED) is 0.840. The van der Waals surface area contributed by atoms with Gasteiger partial charge in [0.15, 0.2) is 0 Å². The lowest BCUT2D eigenvalue weighted by Crippen LogP contribution is -2.40. The monoisotopic (exact) mass is 293 g/mol. The molecule has 116 valence electrons. The lowest BCUT2D eigenvalue weighted by Gasteiger charge is -2.26. The Labute approximate surface area is 124 Å². The summed E-state index contributed by atoms with van der Waals surface area (Å²) in [6, 6.07) is 0.353. The van der Waals surface area contributed by atoms with Gasteiger partial charge < -0.3 is 15.0 Å². The first-order chi connectivity index (χ1) is 9.87. The Morgan fingerprint density at radius 2 is 2.14 bits per heavy atom. The van der Waals surface area contributed by atoms with Gasteiger partial charge >= 0.3 is 5.97 Å². The summed E-state index contributed by atoms with van der Waals surface area (Å²) in [4.78, 5) is 27.0. The van der Waals surface area contributed by atoms with E-state index in [2.05, 4.69) is 10.3 Å². The maximum absolute atomic E-state index is 12.2. The maximum Gasteiger partial charge on any atom is 0.303 e. The molecular formula is C15H23N3O3. The van der Waals surface area contributed by atoms with E-state index in [1.807, 2.05) is 24.6 Å². The van der Waals surface area contributed by atoms with Crippen molar-refractivity contribution in [1.29, 1.82) is 0 Å². The zero-order valence-corrected chi connectivity index (χ0v) is 12.6. The number of imidazole rings is 1. The summed E-state index contributed by atoms with van der Waals surface area (Å²) in [5.41, 5.74) is -0.529. The van der Waals surface area contributed by atoms with Gasteiger partial charge in [-0.1, -0.05) is 13.8 Å². The molecule has 0 radical (unpaired) electrons. The van der Waals surface area contributed by atoms with Crippen molar-refractivity contribution >= 4 is 11.9 Å². The molecule has 1 saturated carbocycles. The van der Waals surface area contributed by atoms with Crippen LogP contribution in [0.15, 0.2) is 18.7 Å². The van der Waals surface area contributed by atoms with Crippen molar-refractivity contribution in [2.45, 2.75) is 58.0 Å². The van der Waals surface area contributed by atoms with Crippen molar-refractivity contribution in [3.8, 4) is 0 Å². The molecule has 1 aromatic rings. The zero-order chi connectivity index (χ0) is 15.5. The molecule has 6 heteroatoms. The molecule has 2 unspecified atom stereocenters. The van der Waals surface area contributed by atoms with Crippen molar-refractivity contribution in [2.75, 3.05) is 0 Å². The van der Waals surface area contributed by atoms with Crippen LogP contribution in [0, 0.1) is 5.41 Å². The summed E-state index contributed by atoms with van der Waals surface area (Å²) in [7, 11) is 0. The molecule has 2 N–H and O–H groups in total. The van der Waals surface area contributed by atoms with Gasteiger partial charge in [-0.05, 0) is 24.7 Å². The third kappa shape index (κ3) is 4.31. The molecule has 1 aliphatic carbocycles. The minimum Gasteiger partial charge on any atom is -0.481 e. The number of carboxylic acids is 1. The minimum absolute atomic E-state index is 0.00393. The Kier molecular flexibility index (Phi) is 4.65. The molecule has 21 heavy (non-hydrogen) atoms. The normalized spacial score (nSPS) is 22.2. The van der Waals surface area contributed by atoms with Crippen LogP contribution in [-0.4, -0.2) is 32.6 Å². The van der Waals surface area contributed by atoms with Gasteiger partial charge in [-0.3, -0.25) is 9.59 Å². The van der Waals surface area contributed by atoms with Crippen LogP contribution in [0.25, 0.3) is 0 Å². The number of carbonyl (C=O) groups is 2. The summed E-state index contributed by atoms with van der Waals surface area (Å²) in [5, 5.41) is 11.9. The topological polar surface area (TPSA) is 84.2 Å². The van der Waals surface area contributed by atoms with E-state index in [9.17, 15) is 9.59 Å². The molecule has 1 fully saturated rings. The Morgan fingerprint density at radius 3 is 2.76 bits per heavy atom. The highest BCUT2D eigenvalue weighted by atomic mass is 16.4. The number of aliphatic carboxylic acids is 1. The summed E-state index contributed by atoms with van der Waals surface area (Å²) >= 11 is 0. The van der Waals surface area contributed by atoms with Crippen molar-refractivity contribution < 1.29 is 14.7 Å². The summed E-state index contributed by atoms with van der Waals surface area (Å²) in [5.74, 6) is -0.941. The fraction of sp³-hybridized carbons (Fsp3) is 0.667. The fourth-order valence-electron chi connectivity index (χ4n) is 3.10. The van der Waals surface area contributed by atoms with E-state index < -0.39 is 11.4 Å². The van der Waals surface area contributed by atoms with Crippen LogP contribution in [0.2, 0.25) is 0 Å². The van der Waals surface area contributed by atoms with Crippen molar-refractivity contribution in [3.63, 3.8) is 0 Å².